The normalized spacial score (nSPS) is 13.4. The van der Waals surface area contributed by atoms with Gasteiger partial charge in [-0.1, -0.05) is 74.5 Å². The van der Waals surface area contributed by atoms with Crippen molar-refractivity contribution in [1.29, 1.82) is 0 Å². The van der Waals surface area contributed by atoms with E-state index >= 15 is 0 Å². The molecule has 5 atom stereocenters. The van der Waals surface area contributed by atoms with Gasteiger partial charge in [-0.05, 0) is 30.4 Å². The van der Waals surface area contributed by atoms with Gasteiger partial charge in [0.05, 0.1) is 13.1 Å². The molecular weight excluding hydrogens is 770 g/mol. The van der Waals surface area contributed by atoms with Gasteiger partial charge in [-0.25, -0.2) is 4.79 Å². The largest absolute Gasteiger partial charge is 0.480 e. The molecule has 59 heavy (non-hydrogen) atoms. The molecule has 0 aliphatic heterocycles. The van der Waals surface area contributed by atoms with Gasteiger partial charge in [0.15, 0.2) is 0 Å². The molecule has 0 aromatic heterocycles. The smallest absolute Gasteiger partial charge is 0.326 e. The number of benzene rings is 2. The van der Waals surface area contributed by atoms with E-state index in [0.717, 1.165) is 12.2 Å². The van der Waals surface area contributed by atoms with Gasteiger partial charge in [-0.3, -0.25) is 43.2 Å². The molecule has 0 spiro atoms. The molecule has 0 unspecified atom stereocenters. The second kappa shape index (κ2) is 24.5. The maximum absolute atomic E-state index is 13.5. The summed E-state index contributed by atoms with van der Waals surface area (Å²) in [6, 6.07) is 10.9. The number of aliphatic carboxylic acids is 1. The van der Waals surface area contributed by atoms with Crippen molar-refractivity contribution >= 4 is 59.1 Å². The molecule has 318 valence electrons. The van der Waals surface area contributed by atoms with E-state index in [1.165, 1.54) is 6.92 Å². The van der Waals surface area contributed by atoms with Crippen molar-refractivity contribution in [2.45, 2.75) is 76.7 Å². The third kappa shape index (κ3) is 18.6. The van der Waals surface area contributed by atoms with Gasteiger partial charge in [-0.15, -0.1) is 0 Å². The number of carboxylic acids is 1. The number of carbonyl (C=O) groups excluding carboxylic acids is 9. The van der Waals surface area contributed by atoms with Crippen LogP contribution < -0.4 is 48.7 Å². The van der Waals surface area contributed by atoms with Crippen molar-refractivity contribution in [3.63, 3.8) is 0 Å². The zero-order valence-electron chi connectivity index (χ0n) is 32.8. The number of nitrogens with one attached hydrogen (secondary N) is 7. The van der Waals surface area contributed by atoms with E-state index in [1.54, 1.807) is 74.5 Å². The van der Waals surface area contributed by atoms with Crippen molar-refractivity contribution in [1.82, 2.24) is 37.2 Å². The molecule has 0 saturated heterocycles. The van der Waals surface area contributed by atoms with Gasteiger partial charge in [-0.2, -0.15) is 0 Å². The molecule has 0 radical (unpaired) electrons. The predicted octanol–water partition coefficient (Wildman–Crippen LogP) is -2.80. The lowest BCUT2D eigenvalue weighted by molar-refractivity contribution is -0.141. The number of rotatable bonds is 24. The first kappa shape index (κ1) is 48.0. The average Bonchev–Trinajstić information content (AvgIpc) is 3.18. The summed E-state index contributed by atoms with van der Waals surface area (Å²) < 4.78 is 0. The summed E-state index contributed by atoms with van der Waals surface area (Å²) in [6.45, 7) is 3.50. The summed E-state index contributed by atoms with van der Waals surface area (Å²) in [6.07, 6.45) is 0.782. The summed E-state index contributed by atoms with van der Waals surface area (Å²) in [7, 11) is 0. The number of primary amides is 2. The van der Waals surface area contributed by atoms with Crippen LogP contribution in [0.1, 0.15) is 44.7 Å². The summed E-state index contributed by atoms with van der Waals surface area (Å²) in [5.41, 5.74) is 11.9. The topological polar surface area (TPSA) is 327 Å². The van der Waals surface area contributed by atoms with Crippen molar-refractivity contribution in [2.75, 3.05) is 13.1 Å². The van der Waals surface area contributed by atoms with Gasteiger partial charge in [0.1, 0.15) is 30.2 Å². The Bertz CT molecular complexity index is 1860. The van der Waals surface area contributed by atoms with Crippen molar-refractivity contribution in [2.24, 2.45) is 17.4 Å². The van der Waals surface area contributed by atoms with Crippen LogP contribution >= 0.6 is 0 Å². The summed E-state index contributed by atoms with van der Waals surface area (Å²) in [4.78, 5) is 124. The molecule has 9 amide bonds. The van der Waals surface area contributed by atoms with E-state index in [2.05, 4.69) is 37.2 Å². The second-order valence-corrected chi connectivity index (χ2v) is 13.7. The number of carboxylic acid groups (broad SMARTS) is 1. The van der Waals surface area contributed by atoms with Crippen LogP contribution in [-0.2, 0) is 60.8 Å². The number of nitrogens with two attached hydrogens (primary N) is 2. The van der Waals surface area contributed by atoms with Gasteiger partial charge < -0.3 is 53.8 Å². The van der Waals surface area contributed by atoms with Crippen LogP contribution in [-0.4, -0.2) is 108 Å². The molecule has 2 aromatic carbocycles. The van der Waals surface area contributed by atoms with Crippen LogP contribution in [0.15, 0.2) is 72.8 Å². The minimum absolute atomic E-state index is 0.00972. The Kier molecular flexibility index (Phi) is 19.9. The number of carbonyl (C=O) groups is 10. The van der Waals surface area contributed by atoms with E-state index in [9.17, 15) is 53.1 Å². The monoisotopic (exact) mass is 821 g/mol. The Morgan fingerprint density at radius 2 is 1.12 bits per heavy atom. The molecule has 20 heteroatoms. The third-order valence-electron chi connectivity index (χ3n) is 8.42. The fourth-order valence-electron chi connectivity index (χ4n) is 5.25. The van der Waals surface area contributed by atoms with E-state index in [4.69, 9.17) is 11.5 Å². The minimum atomic E-state index is -1.44. The Morgan fingerprint density at radius 1 is 0.593 bits per heavy atom. The second-order valence-electron chi connectivity index (χ2n) is 13.7. The quantitative estimate of drug-likeness (QED) is 0.0482. The molecular formula is C39H51N9O11. The fraction of sp³-hybridized carbons (Fsp3) is 0.385. The lowest BCUT2D eigenvalue weighted by Crippen LogP contribution is -2.58. The Morgan fingerprint density at radius 3 is 1.64 bits per heavy atom. The van der Waals surface area contributed by atoms with Crippen LogP contribution in [0.25, 0.3) is 0 Å². The highest BCUT2D eigenvalue weighted by Crippen LogP contribution is 2.08. The Hall–Kier alpha value is -7.12. The minimum Gasteiger partial charge on any atom is -0.480 e. The number of hydrogen-bond donors (Lipinski definition) is 10. The first-order valence-corrected chi connectivity index (χ1v) is 18.5. The molecule has 2 rings (SSSR count). The summed E-state index contributed by atoms with van der Waals surface area (Å²) in [5, 5.41) is 26.0. The van der Waals surface area contributed by atoms with E-state index in [0.29, 0.717) is 11.1 Å². The molecule has 0 heterocycles. The highest BCUT2D eigenvalue weighted by atomic mass is 16.4. The zero-order valence-corrected chi connectivity index (χ0v) is 32.8. The van der Waals surface area contributed by atoms with Gasteiger partial charge in [0.25, 0.3) is 0 Å². The van der Waals surface area contributed by atoms with Gasteiger partial charge in [0.2, 0.25) is 53.2 Å². The lowest BCUT2D eigenvalue weighted by atomic mass is 10.0. The van der Waals surface area contributed by atoms with E-state index in [1.807, 2.05) is 0 Å². The van der Waals surface area contributed by atoms with Crippen LogP contribution in [0, 0.1) is 5.92 Å². The number of amides is 9. The predicted molar refractivity (Wildman–Crippen MR) is 211 cm³/mol. The highest BCUT2D eigenvalue weighted by molar-refractivity contribution is 6.00. The van der Waals surface area contributed by atoms with Crippen molar-refractivity contribution in [3.05, 3.63) is 83.9 Å². The molecule has 2 aromatic rings. The summed E-state index contributed by atoms with van der Waals surface area (Å²) in [5.74, 6) is -9.08. The van der Waals surface area contributed by atoms with Gasteiger partial charge >= 0.3 is 5.97 Å². The number of hydrogen-bond acceptors (Lipinski definition) is 10. The molecule has 0 aliphatic rings. The van der Waals surface area contributed by atoms with Crippen LogP contribution in [0.4, 0.5) is 0 Å². The Labute approximate surface area is 340 Å². The lowest BCUT2D eigenvalue weighted by Gasteiger charge is -2.25. The molecule has 0 fully saturated rings. The third-order valence-corrected chi connectivity index (χ3v) is 8.42. The molecule has 0 bridgehead atoms. The van der Waals surface area contributed by atoms with Crippen molar-refractivity contribution in [3.8, 4) is 0 Å². The first-order chi connectivity index (χ1) is 27.9. The maximum atomic E-state index is 13.5. The van der Waals surface area contributed by atoms with E-state index in [-0.39, 0.29) is 31.6 Å². The maximum Gasteiger partial charge on any atom is 0.326 e. The van der Waals surface area contributed by atoms with E-state index < -0.39 is 102 Å². The SMILES string of the molecule is CC(C)[C@H](NC(=O)[C@H](C)NC(=O)[C@H](Cc1ccccc1)NC(=O)[C@H](CCC(N)=O)NC(=O)/C=C/C(=O)NCC(=O)NCC(=O)N[C@@H](Cc1ccccc1)C(=O)O)C(N)=O. The molecule has 12 N–H and O–H groups in total. The summed E-state index contributed by atoms with van der Waals surface area (Å²) >= 11 is 0. The van der Waals surface area contributed by atoms with Crippen molar-refractivity contribution < 1.29 is 53.1 Å². The molecule has 0 saturated carbocycles. The van der Waals surface area contributed by atoms with Crippen LogP contribution in [0.2, 0.25) is 0 Å². The standard InChI is InChI=1S/C39H51N9O11/c1-22(2)34(35(41)54)48-36(55)23(3)44-38(57)27(18-24-10-6-4-7-11-24)47-37(56)26(14-15-29(40)49)45-31(51)17-16-30(50)42-20-32(52)43-21-33(53)46-28(39(58)59)19-25-12-8-5-9-13-25/h4-13,16-17,22-23,26-28,34H,14-15,18-21H2,1-3H3,(H2,40,49)(H2,41,54)(H,42,50)(H,43,52)(H,44,57)(H,45,51)(H,46,53)(H,47,56)(H,48,55)(H,58,59)/b17-16+/t23-,26-,27-,28-,34-/m0/s1. The molecule has 0 aliphatic carbocycles. The first-order valence-electron chi connectivity index (χ1n) is 18.5. The average molecular weight is 822 g/mol. The zero-order chi connectivity index (χ0) is 44.1. The Balaban J connectivity index is 2.01. The molecule has 20 nitrogen and oxygen atoms in total. The fourth-order valence-corrected chi connectivity index (χ4v) is 5.25. The highest BCUT2D eigenvalue weighted by Gasteiger charge is 2.30. The van der Waals surface area contributed by atoms with Crippen LogP contribution in [0.5, 0.6) is 0 Å². The van der Waals surface area contributed by atoms with Gasteiger partial charge in [0, 0.05) is 31.4 Å². The van der Waals surface area contributed by atoms with Crippen LogP contribution in [0.3, 0.4) is 0 Å².